The van der Waals surface area contributed by atoms with E-state index < -0.39 is 0 Å². The van der Waals surface area contributed by atoms with Crippen molar-refractivity contribution in [3.05, 3.63) is 64.7 Å². The number of fused-ring (bicyclic) bond motifs is 1. The Kier molecular flexibility index (Phi) is 3.80. The Morgan fingerprint density at radius 2 is 2.08 bits per heavy atom. The van der Waals surface area contributed by atoms with E-state index in [4.69, 9.17) is 0 Å². The molecule has 3 aromatic rings. The first-order valence-corrected chi connectivity index (χ1v) is 8.33. The molecule has 0 fully saturated rings. The van der Waals surface area contributed by atoms with Gasteiger partial charge in [0, 0.05) is 23.9 Å². The van der Waals surface area contributed by atoms with E-state index in [1.165, 1.54) is 0 Å². The van der Waals surface area contributed by atoms with Crippen LogP contribution in [0.1, 0.15) is 32.7 Å². The fourth-order valence-electron chi connectivity index (χ4n) is 3.30. The molecule has 0 unspecified atom stereocenters. The summed E-state index contributed by atoms with van der Waals surface area (Å²) in [5, 5.41) is 6.95. The first-order valence-electron chi connectivity index (χ1n) is 8.33. The number of nitrogens with one attached hydrogen (secondary N) is 1. The van der Waals surface area contributed by atoms with Gasteiger partial charge in [0.2, 0.25) is 0 Å². The molecule has 6 heteroatoms. The molecule has 0 spiro atoms. The zero-order valence-electron chi connectivity index (χ0n) is 14.3. The van der Waals surface area contributed by atoms with Crippen LogP contribution in [0, 0.1) is 13.8 Å². The summed E-state index contributed by atoms with van der Waals surface area (Å²) in [4.78, 5) is 23.7. The molecule has 4 rings (SSSR count). The molecule has 2 aromatic heterocycles. The molecule has 3 heterocycles. The number of H-pyrrole nitrogens is 1. The van der Waals surface area contributed by atoms with Gasteiger partial charge in [-0.1, -0.05) is 12.1 Å². The predicted molar refractivity (Wildman–Crippen MR) is 94.0 cm³/mol. The molecule has 0 aliphatic carbocycles. The molecule has 1 aliphatic rings. The number of benzene rings is 1. The van der Waals surface area contributed by atoms with E-state index in [2.05, 4.69) is 20.2 Å². The second-order valence-electron chi connectivity index (χ2n) is 6.34. The van der Waals surface area contributed by atoms with Crippen molar-refractivity contribution in [2.45, 2.75) is 26.8 Å². The number of aromatic amines is 1. The summed E-state index contributed by atoms with van der Waals surface area (Å²) in [6.07, 6.45) is 4.00. The summed E-state index contributed by atoms with van der Waals surface area (Å²) in [5.74, 6) is 0.0635. The Balaban J connectivity index is 1.65. The lowest BCUT2D eigenvalue weighted by Crippen LogP contribution is -2.37. The number of aryl methyl sites for hydroxylation is 1. The van der Waals surface area contributed by atoms with Gasteiger partial charge in [-0.25, -0.2) is 9.97 Å². The van der Waals surface area contributed by atoms with Crippen LogP contribution in [-0.2, 0) is 13.0 Å². The average molecular weight is 333 g/mol. The second kappa shape index (κ2) is 6.12. The quantitative estimate of drug-likeness (QED) is 0.782. The maximum Gasteiger partial charge on any atom is 0.254 e. The second-order valence-corrected chi connectivity index (χ2v) is 6.34. The topological polar surface area (TPSA) is 74.8 Å². The molecule has 0 radical (unpaired) electrons. The molecule has 126 valence electrons. The molecule has 1 amide bonds. The number of carbonyl (C=O) groups excluding carboxylic acids is 1. The Morgan fingerprint density at radius 1 is 1.20 bits per heavy atom. The monoisotopic (exact) mass is 333 g/mol. The van der Waals surface area contributed by atoms with Crippen molar-refractivity contribution in [2.24, 2.45) is 0 Å². The molecule has 0 bridgehead atoms. The van der Waals surface area contributed by atoms with E-state index in [1.54, 1.807) is 12.5 Å². The Bertz CT molecular complexity index is 933. The minimum atomic E-state index is 0.0635. The zero-order valence-corrected chi connectivity index (χ0v) is 14.3. The summed E-state index contributed by atoms with van der Waals surface area (Å²) in [6, 6.07) is 7.76. The first kappa shape index (κ1) is 15.5. The third kappa shape index (κ3) is 2.69. The number of aromatic nitrogens is 4. The molecular formula is C19H19N5O. The highest BCUT2D eigenvalue weighted by Crippen LogP contribution is 2.27. The predicted octanol–water partition coefficient (Wildman–Crippen LogP) is 2.68. The van der Waals surface area contributed by atoms with Gasteiger partial charge in [0.15, 0.2) is 0 Å². The van der Waals surface area contributed by atoms with Gasteiger partial charge in [-0.05, 0) is 43.5 Å². The van der Waals surface area contributed by atoms with Crippen LogP contribution in [0.15, 0.2) is 36.8 Å². The van der Waals surface area contributed by atoms with Crippen LogP contribution in [0.25, 0.3) is 11.4 Å². The van der Waals surface area contributed by atoms with Gasteiger partial charge in [-0.2, -0.15) is 5.10 Å². The van der Waals surface area contributed by atoms with E-state index >= 15 is 0 Å². The third-order valence-electron chi connectivity index (χ3n) is 4.89. The van der Waals surface area contributed by atoms with Crippen molar-refractivity contribution in [3.63, 3.8) is 0 Å². The van der Waals surface area contributed by atoms with Crippen molar-refractivity contribution >= 4 is 5.91 Å². The molecule has 1 N–H and O–H groups in total. The summed E-state index contributed by atoms with van der Waals surface area (Å²) < 4.78 is 0. The van der Waals surface area contributed by atoms with Gasteiger partial charge in [-0.15, -0.1) is 0 Å². The van der Waals surface area contributed by atoms with Gasteiger partial charge < -0.3 is 4.90 Å². The minimum Gasteiger partial charge on any atom is -0.332 e. The maximum absolute atomic E-state index is 13.0. The average Bonchev–Trinajstić information content (AvgIpc) is 3.17. The van der Waals surface area contributed by atoms with Crippen LogP contribution in [0.4, 0.5) is 0 Å². The Morgan fingerprint density at radius 3 is 2.88 bits per heavy atom. The number of amides is 1. The number of rotatable bonds is 2. The van der Waals surface area contributed by atoms with E-state index in [1.807, 2.05) is 43.0 Å². The van der Waals surface area contributed by atoms with Gasteiger partial charge in [-0.3, -0.25) is 9.89 Å². The van der Waals surface area contributed by atoms with Crippen molar-refractivity contribution in [2.75, 3.05) is 6.54 Å². The summed E-state index contributed by atoms with van der Waals surface area (Å²) in [7, 11) is 0. The highest BCUT2D eigenvalue weighted by Gasteiger charge is 2.26. The van der Waals surface area contributed by atoms with Crippen LogP contribution in [0.2, 0.25) is 0 Å². The molecule has 0 saturated heterocycles. The summed E-state index contributed by atoms with van der Waals surface area (Å²) >= 11 is 0. The highest BCUT2D eigenvalue weighted by molar-refractivity contribution is 5.96. The molecule has 0 atom stereocenters. The van der Waals surface area contributed by atoms with Crippen LogP contribution < -0.4 is 0 Å². The van der Waals surface area contributed by atoms with Gasteiger partial charge >= 0.3 is 0 Å². The summed E-state index contributed by atoms with van der Waals surface area (Å²) in [5.41, 5.74) is 6.70. The molecule has 1 aromatic carbocycles. The Hall–Kier alpha value is -3.02. The van der Waals surface area contributed by atoms with E-state index in [0.29, 0.717) is 13.1 Å². The van der Waals surface area contributed by atoms with E-state index in [-0.39, 0.29) is 5.91 Å². The number of hydrogen-bond acceptors (Lipinski definition) is 4. The SMILES string of the molecule is Cc1cccc(C(=O)N2CCc3c(ncnc3-c3ccn[nH]3)C2)c1C. The van der Waals surface area contributed by atoms with Crippen molar-refractivity contribution < 1.29 is 4.79 Å². The van der Waals surface area contributed by atoms with E-state index in [0.717, 1.165) is 45.8 Å². The molecule has 25 heavy (non-hydrogen) atoms. The highest BCUT2D eigenvalue weighted by atomic mass is 16.2. The lowest BCUT2D eigenvalue weighted by atomic mass is 9.98. The molecular weight excluding hydrogens is 314 g/mol. The third-order valence-corrected chi connectivity index (χ3v) is 4.89. The standard InChI is InChI=1S/C19H19N5O/c1-12-4-3-5-14(13(12)2)19(25)24-9-7-15-17(10-24)20-11-21-18(15)16-6-8-22-23-16/h3-6,8,11H,7,9-10H2,1-2H3,(H,22,23). The molecule has 0 saturated carbocycles. The van der Waals surface area contributed by atoms with Crippen LogP contribution >= 0.6 is 0 Å². The van der Waals surface area contributed by atoms with Gasteiger partial charge in [0.05, 0.1) is 23.6 Å². The summed E-state index contributed by atoms with van der Waals surface area (Å²) in [6.45, 7) is 5.19. The lowest BCUT2D eigenvalue weighted by molar-refractivity contribution is 0.0731. The largest absolute Gasteiger partial charge is 0.332 e. The number of carbonyl (C=O) groups is 1. The molecule has 6 nitrogen and oxygen atoms in total. The van der Waals surface area contributed by atoms with Crippen molar-refractivity contribution in [1.82, 2.24) is 25.1 Å². The van der Waals surface area contributed by atoms with Crippen molar-refractivity contribution in [3.8, 4) is 11.4 Å². The lowest BCUT2D eigenvalue weighted by Gasteiger charge is -2.29. The van der Waals surface area contributed by atoms with Gasteiger partial charge in [0.1, 0.15) is 6.33 Å². The van der Waals surface area contributed by atoms with Gasteiger partial charge in [0.25, 0.3) is 5.91 Å². The molecule has 1 aliphatic heterocycles. The van der Waals surface area contributed by atoms with Crippen LogP contribution in [0.3, 0.4) is 0 Å². The van der Waals surface area contributed by atoms with Crippen molar-refractivity contribution in [1.29, 1.82) is 0 Å². The van der Waals surface area contributed by atoms with Crippen LogP contribution in [-0.4, -0.2) is 37.5 Å². The fourth-order valence-corrected chi connectivity index (χ4v) is 3.30. The normalized spacial score (nSPS) is 13.6. The Labute approximate surface area is 145 Å². The number of hydrogen-bond donors (Lipinski definition) is 1. The minimum absolute atomic E-state index is 0.0635. The fraction of sp³-hybridized carbons (Fsp3) is 0.263. The maximum atomic E-state index is 13.0. The first-order chi connectivity index (χ1) is 12.1. The van der Waals surface area contributed by atoms with E-state index in [9.17, 15) is 4.79 Å². The smallest absolute Gasteiger partial charge is 0.254 e. The number of nitrogens with zero attached hydrogens (tertiary/aromatic N) is 4. The van der Waals surface area contributed by atoms with Crippen LogP contribution in [0.5, 0.6) is 0 Å². The zero-order chi connectivity index (χ0) is 17.4.